The minimum absolute atomic E-state index is 0.0624. The van der Waals surface area contributed by atoms with Gasteiger partial charge in [-0.3, -0.25) is 0 Å². The molecule has 1 aromatic rings. The first kappa shape index (κ1) is 10.4. The number of nitrogen functional groups attached to an aromatic ring is 1. The van der Waals surface area contributed by atoms with E-state index in [4.69, 9.17) is 5.73 Å². The fraction of sp³-hybridized carbons (Fsp3) is 0. The fourth-order valence-electron chi connectivity index (χ4n) is 0.622. The minimum Gasteiger partial charge on any atom is -0.397 e. The van der Waals surface area contributed by atoms with E-state index in [9.17, 15) is 13.2 Å². The highest BCUT2D eigenvalue weighted by molar-refractivity contribution is 14.1. The first-order valence-corrected chi connectivity index (χ1v) is 4.89. The normalized spacial score (nSPS) is 10.4. The van der Waals surface area contributed by atoms with Gasteiger partial charge in [0.2, 0.25) is 0 Å². The van der Waals surface area contributed by atoms with Gasteiger partial charge in [0.15, 0.2) is 17.5 Å². The largest absolute Gasteiger partial charge is 0.397 e. The third-order valence-electron chi connectivity index (χ3n) is 1.24. The second-order valence-electron chi connectivity index (χ2n) is 1.98. The van der Waals surface area contributed by atoms with Crippen molar-refractivity contribution in [3.05, 3.63) is 24.6 Å². The van der Waals surface area contributed by atoms with Gasteiger partial charge in [-0.25, -0.2) is 13.2 Å². The lowest BCUT2D eigenvalue weighted by Crippen LogP contribution is -2.04. The van der Waals surface area contributed by atoms with Crippen LogP contribution < -0.4 is 5.73 Å². The summed E-state index contributed by atoms with van der Waals surface area (Å²) in [5.74, 6) is -3.94. The van der Waals surface area contributed by atoms with Crippen LogP contribution in [0.2, 0.25) is 0 Å². The Morgan fingerprint density at radius 2 is 1.17 bits per heavy atom. The van der Waals surface area contributed by atoms with Crippen molar-refractivity contribution in [2.45, 2.75) is 0 Å². The molecule has 1 aromatic carbocycles. The molecule has 0 aliphatic heterocycles. The predicted molar refractivity (Wildman–Crippen MR) is 56.2 cm³/mol. The summed E-state index contributed by atoms with van der Waals surface area (Å²) in [6.45, 7) is 0. The molecule has 0 heterocycles. The SMILES string of the molecule is Nc1c(I)c(F)c(F)c(F)c1I. The van der Waals surface area contributed by atoms with Crippen LogP contribution in [0.3, 0.4) is 0 Å². The summed E-state index contributed by atoms with van der Waals surface area (Å²) < 4.78 is 37.9. The van der Waals surface area contributed by atoms with Crippen molar-refractivity contribution in [2.24, 2.45) is 0 Å². The monoisotopic (exact) mass is 399 g/mol. The Morgan fingerprint density at radius 3 is 1.50 bits per heavy atom. The molecule has 1 nitrogen and oxygen atoms in total. The molecule has 0 saturated heterocycles. The smallest absolute Gasteiger partial charge is 0.196 e. The molecule has 0 aromatic heterocycles. The highest BCUT2D eigenvalue weighted by Gasteiger charge is 2.19. The van der Waals surface area contributed by atoms with Gasteiger partial charge in [0, 0.05) is 0 Å². The molecule has 0 bridgehead atoms. The van der Waals surface area contributed by atoms with Crippen LogP contribution in [0.4, 0.5) is 18.9 Å². The van der Waals surface area contributed by atoms with Gasteiger partial charge in [0.25, 0.3) is 0 Å². The van der Waals surface area contributed by atoms with E-state index in [0.717, 1.165) is 0 Å². The van der Waals surface area contributed by atoms with Gasteiger partial charge < -0.3 is 5.73 Å². The third-order valence-corrected chi connectivity index (χ3v) is 3.35. The minimum atomic E-state index is -1.47. The lowest BCUT2D eigenvalue weighted by Gasteiger charge is -2.05. The van der Waals surface area contributed by atoms with Crippen molar-refractivity contribution in [1.82, 2.24) is 0 Å². The third kappa shape index (κ3) is 1.50. The van der Waals surface area contributed by atoms with E-state index in [1.165, 1.54) is 45.2 Å². The van der Waals surface area contributed by atoms with Gasteiger partial charge in [-0.15, -0.1) is 0 Å². The molecule has 0 unspecified atom stereocenters. The van der Waals surface area contributed by atoms with Crippen LogP contribution in [0.5, 0.6) is 0 Å². The molecule has 0 spiro atoms. The van der Waals surface area contributed by atoms with E-state index in [0.29, 0.717) is 0 Å². The van der Waals surface area contributed by atoms with Crippen LogP contribution in [0, 0.1) is 24.6 Å². The Balaban J connectivity index is 3.60. The summed E-state index contributed by atoms with van der Waals surface area (Å²) in [7, 11) is 0. The number of benzene rings is 1. The van der Waals surface area contributed by atoms with Crippen molar-refractivity contribution in [3.63, 3.8) is 0 Å². The average Bonchev–Trinajstić information content (AvgIpc) is 2.08. The molecule has 0 amide bonds. The molecule has 0 saturated carbocycles. The van der Waals surface area contributed by atoms with Gasteiger partial charge in [-0.05, 0) is 45.2 Å². The highest BCUT2D eigenvalue weighted by Crippen LogP contribution is 2.29. The van der Waals surface area contributed by atoms with Crippen molar-refractivity contribution in [3.8, 4) is 0 Å². The van der Waals surface area contributed by atoms with Crippen molar-refractivity contribution in [1.29, 1.82) is 0 Å². The molecule has 66 valence electrons. The van der Waals surface area contributed by atoms with Crippen LogP contribution >= 0.6 is 45.2 Å². The molecule has 0 radical (unpaired) electrons. The summed E-state index contributed by atoms with van der Waals surface area (Å²) in [6, 6.07) is 0. The molecular formula is C6H2F3I2N. The van der Waals surface area contributed by atoms with Crippen molar-refractivity contribution >= 4 is 50.9 Å². The molecule has 2 N–H and O–H groups in total. The van der Waals surface area contributed by atoms with E-state index in [-0.39, 0.29) is 12.8 Å². The molecule has 0 fully saturated rings. The Kier molecular flexibility index (Phi) is 3.07. The van der Waals surface area contributed by atoms with Gasteiger partial charge in [0.1, 0.15) is 0 Å². The van der Waals surface area contributed by atoms with Gasteiger partial charge in [-0.2, -0.15) is 0 Å². The zero-order valence-corrected chi connectivity index (χ0v) is 9.78. The molecule has 12 heavy (non-hydrogen) atoms. The lowest BCUT2D eigenvalue weighted by atomic mass is 10.3. The maximum absolute atomic E-state index is 12.7. The second-order valence-corrected chi connectivity index (χ2v) is 4.14. The van der Waals surface area contributed by atoms with E-state index < -0.39 is 17.5 Å². The van der Waals surface area contributed by atoms with Crippen LogP contribution in [0.25, 0.3) is 0 Å². The van der Waals surface area contributed by atoms with Crippen molar-refractivity contribution < 1.29 is 13.2 Å². The summed E-state index contributed by atoms with van der Waals surface area (Å²) in [5, 5.41) is 0. The molecule has 0 aliphatic carbocycles. The van der Waals surface area contributed by atoms with E-state index in [2.05, 4.69) is 0 Å². The van der Waals surface area contributed by atoms with Crippen molar-refractivity contribution in [2.75, 3.05) is 5.73 Å². The molecule has 0 atom stereocenters. The van der Waals surface area contributed by atoms with Gasteiger partial charge >= 0.3 is 0 Å². The van der Waals surface area contributed by atoms with E-state index in [1.807, 2.05) is 0 Å². The Labute approximate surface area is 93.8 Å². The molecule has 6 heteroatoms. The van der Waals surface area contributed by atoms with E-state index >= 15 is 0 Å². The highest BCUT2D eigenvalue weighted by atomic mass is 127. The van der Waals surface area contributed by atoms with Crippen LogP contribution in [0.1, 0.15) is 0 Å². The summed E-state index contributed by atoms with van der Waals surface area (Å²) in [4.78, 5) is 0. The summed E-state index contributed by atoms with van der Waals surface area (Å²) >= 11 is 3.05. The zero-order valence-electron chi connectivity index (χ0n) is 5.47. The number of nitrogens with two attached hydrogens (primary N) is 1. The Hall–Kier alpha value is 0.270. The Bertz CT molecular complexity index is 235. The van der Waals surface area contributed by atoms with Gasteiger partial charge in [-0.1, -0.05) is 0 Å². The zero-order chi connectivity index (χ0) is 9.46. The molecule has 0 aliphatic rings. The summed E-state index contributed by atoms with van der Waals surface area (Å²) in [6.07, 6.45) is 0. The predicted octanol–water partition coefficient (Wildman–Crippen LogP) is 2.90. The molecule has 1 rings (SSSR count). The number of rotatable bonds is 0. The first-order chi connectivity index (χ1) is 5.46. The number of hydrogen-bond acceptors (Lipinski definition) is 1. The van der Waals surface area contributed by atoms with Crippen LogP contribution in [0.15, 0.2) is 0 Å². The number of anilines is 1. The summed E-state index contributed by atoms with van der Waals surface area (Å²) in [5.41, 5.74) is 5.23. The topological polar surface area (TPSA) is 26.0 Å². The molecular weight excluding hydrogens is 397 g/mol. The van der Waals surface area contributed by atoms with Crippen LogP contribution in [-0.2, 0) is 0 Å². The number of halogens is 5. The quantitative estimate of drug-likeness (QED) is 0.309. The van der Waals surface area contributed by atoms with E-state index in [1.54, 1.807) is 0 Å². The van der Waals surface area contributed by atoms with Gasteiger partial charge in [0.05, 0.1) is 12.8 Å². The lowest BCUT2D eigenvalue weighted by molar-refractivity contribution is 0.441. The first-order valence-electron chi connectivity index (χ1n) is 2.73. The standard InChI is InChI=1S/C6H2F3I2N/c7-1-2(8)4(10)6(12)5(11)3(1)9/h12H2. The Morgan fingerprint density at radius 1 is 0.833 bits per heavy atom. The van der Waals surface area contributed by atoms with Crippen LogP contribution in [-0.4, -0.2) is 0 Å². The second kappa shape index (κ2) is 3.56. The maximum atomic E-state index is 12.7. The fourth-order valence-corrected chi connectivity index (χ4v) is 2.15. The maximum Gasteiger partial charge on any atom is 0.196 e. The average molecular weight is 399 g/mol. The number of hydrogen-bond donors (Lipinski definition) is 1.